The number of hydrogen-bond donors (Lipinski definition) is 1. The number of benzene rings is 1. The van der Waals surface area contributed by atoms with Gasteiger partial charge in [0.05, 0.1) is 5.60 Å². The van der Waals surface area contributed by atoms with E-state index in [4.69, 9.17) is 9.47 Å². The first-order chi connectivity index (χ1) is 8.59. The molecule has 0 spiro atoms. The molecule has 1 saturated heterocycles. The van der Waals surface area contributed by atoms with Crippen molar-refractivity contribution >= 4 is 5.97 Å². The van der Waals surface area contributed by atoms with Gasteiger partial charge in [-0.3, -0.25) is 0 Å². The Hall–Kier alpha value is -1.46. The average molecular weight is 253 g/mol. The van der Waals surface area contributed by atoms with E-state index in [-0.39, 0.29) is 24.6 Å². The summed E-state index contributed by atoms with van der Waals surface area (Å²) in [7, 11) is 0. The van der Waals surface area contributed by atoms with Crippen LogP contribution >= 0.6 is 0 Å². The predicted octanol–water partition coefficient (Wildman–Crippen LogP) is 1.25. The zero-order chi connectivity index (χ0) is 13.0. The van der Waals surface area contributed by atoms with Gasteiger partial charge < -0.3 is 14.8 Å². The zero-order valence-electron chi connectivity index (χ0n) is 10.2. The van der Waals surface area contributed by atoms with Crippen LogP contribution in [0.1, 0.15) is 12.5 Å². The number of ether oxygens (including phenoxy) is 2. The molecule has 0 unspecified atom stereocenters. The maximum absolute atomic E-state index is 13.2. The van der Waals surface area contributed by atoms with Crippen LogP contribution in [0, 0.1) is 5.82 Å². The van der Waals surface area contributed by atoms with Gasteiger partial charge in [-0.05, 0) is 13.0 Å². The number of carbonyl (C=O) groups is 1. The molecule has 4 nitrogen and oxygen atoms in total. The van der Waals surface area contributed by atoms with Crippen molar-refractivity contribution in [2.24, 2.45) is 0 Å². The number of halogens is 1. The molecule has 0 amide bonds. The van der Waals surface area contributed by atoms with Crippen molar-refractivity contribution in [1.82, 2.24) is 5.32 Å². The summed E-state index contributed by atoms with van der Waals surface area (Å²) >= 11 is 0. The fourth-order valence-electron chi connectivity index (χ4n) is 1.63. The first kappa shape index (κ1) is 13.0. The fourth-order valence-corrected chi connectivity index (χ4v) is 1.63. The van der Waals surface area contributed by atoms with Crippen molar-refractivity contribution in [3.05, 3.63) is 35.6 Å². The van der Waals surface area contributed by atoms with Crippen LogP contribution in [0.2, 0.25) is 0 Å². The Balaban J connectivity index is 1.73. The summed E-state index contributed by atoms with van der Waals surface area (Å²) in [4.78, 5) is 11.4. The highest BCUT2D eigenvalue weighted by Gasteiger charge is 2.33. The van der Waals surface area contributed by atoms with E-state index < -0.39 is 5.97 Å². The summed E-state index contributed by atoms with van der Waals surface area (Å²) < 4.78 is 23.6. The van der Waals surface area contributed by atoms with Gasteiger partial charge in [0.15, 0.2) is 0 Å². The Labute approximate surface area is 105 Å². The van der Waals surface area contributed by atoms with Gasteiger partial charge in [0.2, 0.25) is 0 Å². The third-order valence-electron chi connectivity index (χ3n) is 2.88. The van der Waals surface area contributed by atoms with Crippen LogP contribution in [0.4, 0.5) is 4.39 Å². The van der Waals surface area contributed by atoms with Gasteiger partial charge in [-0.15, -0.1) is 0 Å². The molecule has 1 aliphatic rings. The van der Waals surface area contributed by atoms with Crippen LogP contribution in [-0.2, 0) is 20.9 Å². The number of hydrogen-bond acceptors (Lipinski definition) is 4. The highest BCUT2D eigenvalue weighted by Crippen LogP contribution is 2.15. The van der Waals surface area contributed by atoms with E-state index in [9.17, 15) is 9.18 Å². The van der Waals surface area contributed by atoms with Gasteiger partial charge in [-0.1, -0.05) is 18.2 Å². The summed E-state index contributed by atoms with van der Waals surface area (Å²) in [6.07, 6.45) is 0. The molecule has 0 saturated carbocycles. The van der Waals surface area contributed by atoms with Crippen LogP contribution in [0.25, 0.3) is 0 Å². The van der Waals surface area contributed by atoms with Crippen molar-refractivity contribution in [3.63, 3.8) is 0 Å². The van der Waals surface area contributed by atoms with Crippen LogP contribution in [0.5, 0.6) is 0 Å². The van der Waals surface area contributed by atoms with E-state index in [1.807, 2.05) is 6.92 Å². The van der Waals surface area contributed by atoms with Crippen molar-refractivity contribution in [3.8, 4) is 0 Å². The molecule has 1 aliphatic heterocycles. The second kappa shape index (κ2) is 5.46. The van der Waals surface area contributed by atoms with Gasteiger partial charge in [0, 0.05) is 18.7 Å². The lowest BCUT2D eigenvalue weighted by molar-refractivity contribution is -0.159. The Morgan fingerprint density at radius 3 is 2.78 bits per heavy atom. The summed E-state index contributed by atoms with van der Waals surface area (Å²) in [6, 6.07) is 6.21. The lowest BCUT2D eigenvalue weighted by atomic mass is 10.0. The molecule has 0 atom stereocenters. The maximum Gasteiger partial charge on any atom is 0.332 e. The molecule has 1 N–H and O–H groups in total. The summed E-state index contributed by atoms with van der Waals surface area (Å²) in [6.45, 7) is 3.21. The molecular weight excluding hydrogens is 237 g/mol. The molecule has 0 radical (unpaired) electrons. The summed E-state index contributed by atoms with van der Waals surface area (Å²) in [5.74, 6) is -0.854. The average Bonchev–Trinajstić information content (AvgIpc) is 2.33. The molecule has 5 heteroatoms. The third kappa shape index (κ3) is 3.27. The van der Waals surface area contributed by atoms with E-state index >= 15 is 0 Å². The molecule has 18 heavy (non-hydrogen) atoms. The lowest BCUT2D eigenvalue weighted by Gasteiger charge is -2.38. The van der Waals surface area contributed by atoms with Crippen molar-refractivity contribution < 1.29 is 18.7 Å². The van der Waals surface area contributed by atoms with Crippen molar-refractivity contribution in [2.45, 2.75) is 19.1 Å². The quantitative estimate of drug-likeness (QED) is 0.802. The standard InChI is InChI=1S/C13H16FNO3/c1-13(8-15-9-13)18-7-12(16)17-6-10-4-2-3-5-11(10)14/h2-5,15H,6-9H2,1H3. The highest BCUT2D eigenvalue weighted by atomic mass is 19.1. The smallest absolute Gasteiger partial charge is 0.332 e. The van der Waals surface area contributed by atoms with E-state index in [0.717, 1.165) is 13.1 Å². The zero-order valence-corrected chi connectivity index (χ0v) is 10.2. The molecule has 1 aromatic carbocycles. The summed E-state index contributed by atoms with van der Waals surface area (Å²) in [5.41, 5.74) is 0.0826. The van der Waals surface area contributed by atoms with E-state index in [1.165, 1.54) is 6.07 Å². The lowest BCUT2D eigenvalue weighted by Crippen LogP contribution is -2.59. The Kier molecular flexibility index (Phi) is 3.93. The number of carbonyl (C=O) groups excluding carboxylic acids is 1. The van der Waals surface area contributed by atoms with Gasteiger partial charge in [-0.2, -0.15) is 0 Å². The molecule has 1 fully saturated rings. The van der Waals surface area contributed by atoms with E-state index in [0.29, 0.717) is 5.56 Å². The molecule has 98 valence electrons. The predicted molar refractivity (Wildman–Crippen MR) is 63.4 cm³/mol. The molecule has 0 aromatic heterocycles. The first-order valence-electron chi connectivity index (χ1n) is 5.83. The molecule has 1 heterocycles. The molecule has 1 aromatic rings. The molecule has 2 rings (SSSR count). The molecular formula is C13H16FNO3. The second-order valence-electron chi connectivity index (χ2n) is 4.59. The summed E-state index contributed by atoms with van der Waals surface area (Å²) in [5, 5.41) is 3.06. The normalized spacial score (nSPS) is 17.0. The van der Waals surface area contributed by atoms with Crippen molar-refractivity contribution in [2.75, 3.05) is 19.7 Å². The number of esters is 1. The van der Waals surface area contributed by atoms with E-state index in [2.05, 4.69) is 5.32 Å². The Morgan fingerprint density at radius 2 is 2.17 bits per heavy atom. The SMILES string of the molecule is CC1(OCC(=O)OCc2ccccc2F)CNC1. The van der Waals surface area contributed by atoms with Crippen LogP contribution in [0.3, 0.4) is 0 Å². The Bertz CT molecular complexity index is 432. The topological polar surface area (TPSA) is 47.6 Å². The highest BCUT2D eigenvalue weighted by molar-refractivity contribution is 5.70. The number of nitrogens with one attached hydrogen (secondary N) is 1. The molecule has 0 aliphatic carbocycles. The largest absolute Gasteiger partial charge is 0.459 e. The minimum Gasteiger partial charge on any atom is -0.459 e. The molecule has 0 bridgehead atoms. The van der Waals surface area contributed by atoms with Crippen LogP contribution in [-0.4, -0.2) is 31.3 Å². The van der Waals surface area contributed by atoms with Gasteiger partial charge in [-0.25, -0.2) is 9.18 Å². The first-order valence-corrected chi connectivity index (χ1v) is 5.83. The maximum atomic E-state index is 13.2. The minimum absolute atomic E-state index is 0.0656. The van der Waals surface area contributed by atoms with Crippen LogP contribution < -0.4 is 5.32 Å². The van der Waals surface area contributed by atoms with Crippen LogP contribution in [0.15, 0.2) is 24.3 Å². The second-order valence-corrected chi connectivity index (χ2v) is 4.59. The van der Waals surface area contributed by atoms with Gasteiger partial charge in [0.1, 0.15) is 19.0 Å². The number of rotatable bonds is 5. The third-order valence-corrected chi connectivity index (χ3v) is 2.88. The minimum atomic E-state index is -0.480. The van der Waals surface area contributed by atoms with E-state index in [1.54, 1.807) is 18.2 Å². The van der Waals surface area contributed by atoms with Gasteiger partial charge in [0.25, 0.3) is 0 Å². The Morgan fingerprint density at radius 1 is 1.44 bits per heavy atom. The monoisotopic (exact) mass is 253 g/mol. The fraction of sp³-hybridized carbons (Fsp3) is 0.462. The van der Waals surface area contributed by atoms with Gasteiger partial charge >= 0.3 is 5.97 Å². The van der Waals surface area contributed by atoms with Crippen molar-refractivity contribution in [1.29, 1.82) is 0 Å².